The SMILES string of the molecule is Cc1ccccc1N1C(=O)C(c2ccc(OC(C)C)cc2)=C(N2CCOCC2)C1=O. The van der Waals surface area contributed by atoms with Crippen LogP contribution in [0.2, 0.25) is 0 Å². The summed E-state index contributed by atoms with van der Waals surface area (Å²) in [5.41, 5.74) is 3.09. The lowest BCUT2D eigenvalue weighted by molar-refractivity contribution is -0.121. The van der Waals surface area contributed by atoms with Gasteiger partial charge in [-0.2, -0.15) is 0 Å². The highest BCUT2D eigenvalue weighted by Crippen LogP contribution is 2.36. The Morgan fingerprint density at radius 3 is 2.23 bits per heavy atom. The Morgan fingerprint density at radius 1 is 0.933 bits per heavy atom. The van der Waals surface area contributed by atoms with Gasteiger partial charge in [-0.1, -0.05) is 30.3 Å². The zero-order valence-corrected chi connectivity index (χ0v) is 17.6. The summed E-state index contributed by atoms with van der Waals surface area (Å²) in [6, 6.07) is 14.8. The van der Waals surface area contributed by atoms with Gasteiger partial charge in [-0.05, 0) is 50.1 Å². The van der Waals surface area contributed by atoms with Crippen molar-refractivity contribution in [1.29, 1.82) is 0 Å². The van der Waals surface area contributed by atoms with E-state index < -0.39 is 0 Å². The second-order valence-corrected chi connectivity index (χ2v) is 7.75. The van der Waals surface area contributed by atoms with Crippen molar-refractivity contribution in [3.05, 3.63) is 65.4 Å². The highest BCUT2D eigenvalue weighted by atomic mass is 16.5. The number of imide groups is 1. The number of hydrogen-bond acceptors (Lipinski definition) is 5. The molecular formula is C24H26N2O4. The number of rotatable bonds is 5. The molecule has 0 spiro atoms. The first kappa shape index (κ1) is 20.2. The Hall–Kier alpha value is -3.12. The average Bonchev–Trinajstić information content (AvgIpc) is 2.99. The van der Waals surface area contributed by atoms with Gasteiger partial charge in [0.1, 0.15) is 11.4 Å². The smallest absolute Gasteiger partial charge is 0.282 e. The van der Waals surface area contributed by atoms with Crippen LogP contribution in [0.3, 0.4) is 0 Å². The fourth-order valence-corrected chi connectivity index (χ4v) is 3.86. The fraction of sp³-hybridized carbons (Fsp3) is 0.333. The van der Waals surface area contributed by atoms with Gasteiger partial charge in [-0.25, -0.2) is 4.90 Å². The molecule has 156 valence electrons. The molecule has 0 N–H and O–H groups in total. The number of amides is 2. The van der Waals surface area contributed by atoms with Crippen molar-refractivity contribution in [3.63, 3.8) is 0 Å². The monoisotopic (exact) mass is 406 g/mol. The van der Waals surface area contributed by atoms with Gasteiger partial charge in [0, 0.05) is 13.1 Å². The summed E-state index contributed by atoms with van der Waals surface area (Å²) in [6.07, 6.45) is 0.0604. The molecule has 0 radical (unpaired) electrons. The van der Waals surface area contributed by atoms with E-state index in [0.717, 1.165) is 11.3 Å². The quantitative estimate of drug-likeness (QED) is 0.713. The van der Waals surface area contributed by atoms with Crippen molar-refractivity contribution >= 4 is 23.1 Å². The number of para-hydroxylation sites is 1. The molecule has 4 rings (SSSR count). The lowest BCUT2D eigenvalue weighted by Crippen LogP contribution is -2.40. The van der Waals surface area contributed by atoms with E-state index in [-0.39, 0.29) is 17.9 Å². The first-order valence-corrected chi connectivity index (χ1v) is 10.3. The number of ether oxygens (including phenoxy) is 2. The normalized spacial score (nSPS) is 17.3. The summed E-state index contributed by atoms with van der Waals surface area (Å²) in [7, 11) is 0. The molecule has 0 saturated carbocycles. The third-order valence-corrected chi connectivity index (χ3v) is 5.26. The Kier molecular flexibility index (Phi) is 5.59. The molecule has 2 aliphatic heterocycles. The largest absolute Gasteiger partial charge is 0.491 e. The van der Waals surface area contributed by atoms with E-state index in [1.165, 1.54) is 4.90 Å². The second-order valence-electron chi connectivity index (χ2n) is 7.75. The van der Waals surface area contributed by atoms with E-state index in [0.29, 0.717) is 48.8 Å². The van der Waals surface area contributed by atoms with Crippen molar-refractivity contribution in [2.45, 2.75) is 26.9 Å². The third kappa shape index (κ3) is 3.71. The van der Waals surface area contributed by atoms with Gasteiger partial charge in [-0.15, -0.1) is 0 Å². The second kappa shape index (κ2) is 8.32. The van der Waals surface area contributed by atoms with Crippen LogP contribution < -0.4 is 9.64 Å². The van der Waals surface area contributed by atoms with Crippen LogP contribution in [-0.2, 0) is 14.3 Å². The number of aryl methyl sites for hydroxylation is 1. The van der Waals surface area contributed by atoms with Crippen LogP contribution in [0.15, 0.2) is 54.2 Å². The van der Waals surface area contributed by atoms with Gasteiger partial charge in [0.25, 0.3) is 11.8 Å². The molecule has 1 saturated heterocycles. The molecule has 2 aromatic rings. The van der Waals surface area contributed by atoms with Crippen molar-refractivity contribution in [3.8, 4) is 5.75 Å². The number of morpholine rings is 1. The summed E-state index contributed by atoms with van der Waals surface area (Å²) < 4.78 is 11.2. The molecule has 0 bridgehead atoms. The Morgan fingerprint density at radius 2 is 1.60 bits per heavy atom. The maximum absolute atomic E-state index is 13.5. The van der Waals surface area contributed by atoms with Gasteiger partial charge in [0.15, 0.2) is 0 Å². The Bertz CT molecular complexity index is 989. The molecule has 2 aliphatic rings. The molecule has 0 unspecified atom stereocenters. The number of nitrogens with zero attached hydrogens (tertiary/aromatic N) is 2. The number of benzene rings is 2. The van der Waals surface area contributed by atoms with Crippen LogP contribution >= 0.6 is 0 Å². The maximum Gasteiger partial charge on any atom is 0.282 e. The number of hydrogen-bond donors (Lipinski definition) is 0. The van der Waals surface area contributed by atoms with Crippen LogP contribution in [0.25, 0.3) is 5.57 Å². The van der Waals surface area contributed by atoms with E-state index in [1.54, 1.807) is 0 Å². The lowest BCUT2D eigenvalue weighted by Gasteiger charge is -2.29. The van der Waals surface area contributed by atoms with Crippen LogP contribution in [0.4, 0.5) is 5.69 Å². The third-order valence-electron chi connectivity index (χ3n) is 5.26. The highest BCUT2D eigenvalue weighted by molar-refractivity contribution is 6.45. The molecule has 0 atom stereocenters. The van der Waals surface area contributed by atoms with Crippen molar-refractivity contribution in [1.82, 2.24) is 4.90 Å². The predicted octanol–water partition coefficient (Wildman–Crippen LogP) is 3.40. The molecule has 6 heteroatoms. The van der Waals surface area contributed by atoms with Gasteiger partial charge >= 0.3 is 0 Å². The van der Waals surface area contributed by atoms with Crippen LogP contribution in [0.1, 0.15) is 25.0 Å². The van der Waals surface area contributed by atoms with Crippen molar-refractivity contribution in [2.24, 2.45) is 0 Å². The molecule has 2 heterocycles. The minimum atomic E-state index is -0.298. The summed E-state index contributed by atoms with van der Waals surface area (Å²) in [4.78, 5) is 30.3. The van der Waals surface area contributed by atoms with E-state index in [1.807, 2.05) is 74.2 Å². The van der Waals surface area contributed by atoms with Gasteiger partial charge in [0.05, 0.1) is 30.6 Å². The molecule has 2 amide bonds. The molecule has 6 nitrogen and oxygen atoms in total. The first-order chi connectivity index (χ1) is 14.5. The lowest BCUT2D eigenvalue weighted by atomic mass is 10.0. The summed E-state index contributed by atoms with van der Waals surface area (Å²) in [5.74, 6) is 0.150. The Balaban J connectivity index is 1.78. The zero-order chi connectivity index (χ0) is 21.3. The molecule has 2 aromatic carbocycles. The minimum absolute atomic E-state index is 0.0604. The standard InChI is InChI=1S/C24H26N2O4/c1-16(2)30-19-10-8-18(9-11-19)21-22(25-12-14-29-15-13-25)24(28)26(23(21)27)20-7-5-4-6-17(20)3/h4-11,16H,12-15H2,1-3H3. The predicted molar refractivity (Wildman–Crippen MR) is 115 cm³/mol. The maximum atomic E-state index is 13.5. The van der Waals surface area contributed by atoms with Gasteiger partial charge in [-0.3, -0.25) is 9.59 Å². The van der Waals surface area contributed by atoms with E-state index in [9.17, 15) is 9.59 Å². The zero-order valence-electron chi connectivity index (χ0n) is 17.6. The van der Waals surface area contributed by atoms with Gasteiger partial charge < -0.3 is 14.4 Å². The topological polar surface area (TPSA) is 59.1 Å². The summed E-state index contributed by atoms with van der Waals surface area (Å²) in [5, 5.41) is 0. The van der Waals surface area contributed by atoms with E-state index >= 15 is 0 Å². The van der Waals surface area contributed by atoms with Crippen LogP contribution in [0, 0.1) is 6.92 Å². The van der Waals surface area contributed by atoms with E-state index in [4.69, 9.17) is 9.47 Å². The molecular weight excluding hydrogens is 380 g/mol. The van der Waals surface area contributed by atoms with E-state index in [2.05, 4.69) is 0 Å². The molecule has 30 heavy (non-hydrogen) atoms. The number of carbonyl (C=O) groups excluding carboxylic acids is 2. The Labute approximate surface area is 176 Å². The fourth-order valence-electron chi connectivity index (χ4n) is 3.86. The van der Waals surface area contributed by atoms with Crippen molar-refractivity contribution in [2.75, 3.05) is 31.2 Å². The van der Waals surface area contributed by atoms with Crippen LogP contribution in [0.5, 0.6) is 5.75 Å². The average molecular weight is 406 g/mol. The summed E-state index contributed by atoms with van der Waals surface area (Å²) in [6.45, 7) is 8.05. The number of carbonyl (C=O) groups is 2. The first-order valence-electron chi connectivity index (χ1n) is 10.3. The summed E-state index contributed by atoms with van der Waals surface area (Å²) >= 11 is 0. The molecule has 1 fully saturated rings. The highest BCUT2D eigenvalue weighted by Gasteiger charge is 2.43. The molecule has 0 aliphatic carbocycles. The van der Waals surface area contributed by atoms with Crippen LogP contribution in [-0.4, -0.2) is 49.1 Å². The minimum Gasteiger partial charge on any atom is -0.491 e. The van der Waals surface area contributed by atoms with Crippen molar-refractivity contribution < 1.29 is 19.1 Å². The number of anilines is 1. The van der Waals surface area contributed by atoms with Gasteiger partial charge in [0.2, 0.25) is 0 Å². The molecule has 0 aromatic heterocycles.